The molecule has 0 aliphatic rings. The van der Waals surface area contributed by atoms with Crippen molar-refractivity contribution in [2.24, 2.45) is 5.73 Å². The van der Waals surface area contributed by atoms with Crippen molar-refractivity contribution in [3.8, 4) is 0 Å². The van der Waals surface area contributed by atoms with Gasteiger partial charge in [0.15, 0.2) is 0 Å². The lowest BCUT2D eigenvalue weighted by atomic mass is 10.1. The molecule has 110 valence electrons. The van der Waals surface area contributed by atoms with Crippen LogP contribution in [0.2, 0.25) is 0 Å². The lowest BCUT2D eigenvalue weighted by molar-refractivity contribution is 0.1000. The molecule has 0 saturated heterocycles. The molecule has 0 spiro atoms. The topological polar surface area (TPSA) is 55.1 Å². The van der Waals surface area contributed by atoms with Gasteiger partial charge in [-0.2, -0.15) is 0 Å². The van der Waals surface area contributed by atoms with Crippen molar-refractivity contribution in [1.29, 1.82) is 0 Å². The first-order chi connectivity index (χ1) is 9.88. The Kier molecular flexibility index (Phi) is 4.63. The Hall–Kier alpha value is -1.88. The highest BCUT2D eigenvalue weighted by Gasteiger charge is 2.12. The molecule has 3 N–H and O–H groups in total. The van der Waals surface area contributed by atoms with Gasteiger partial charge in [0.2, 0.25) is 5.91 Å². The predicted molar refractivity (Wildman–Crippen MR) is 85.8 cm³/mol. The smallest absolute Gasteiger partial charge is 0.248 e. The molecule has 1 amide bonds. The van der Waals surface area contributed by atoms with Gasteiger partial charge < -0.3 is 11.1 Å². The normalized spacial score (nSPS) is 12.0. The van der Waals surface area contributed by atoms with Gasteiger partial charge in [-0.25, -0.2) is 4.39 Å². The fourth-order valence-electron chi connectivity index (χ4n) is 2.14. The summed E-state index contributed by atoms with van der Waals surface area (Å²) in [6.07, 6.45) is 0. The maximum absolute atomic E-state index is 13.1. The van der Waals surface area contributed by atoms with Crippen LogP contribution >= 0.6 is 15.9 Å². The van der Waals surface area contributed by atoms with Gasteiger partial charge in [0.05, 0.1) is 0 Å². The summed E-state index contributed by atoms with van der Waals surface area (Å²) >= 11 is 3.37. The van der Waals surface area contributed by atoms with E-state index in [1.54, 1.807) is 18.2 Å². The number of primary amides is 1. The molecule has 5 heteroatoms. The molecule has 1 unspecified atom stereocenters. The van der Waals surface area contributed by atoms with E-state index in [1.807, 2.05) is 19.9 Å². The molecule has 0 aliphatic heterocycles. The number of amides is 1. The Morgan fingerprint density at radius 3 is 2.57 bits per heavy atom. The summed E-state index contributed by atoms with van der Waals surface area (Å²) in [7, 11) is 0. The number of hydrogen-bond donors (Lipinski definition) is 2. The number of anilines is 1. The van der Waals surface area contributed by atoms with Crippen LogP contribution in [0.5, 0.6) is 0 Å². The highest BCUT2D eigenvalue weighted by molar-refractivity contribution is 9.10. The quantitative estimate of drug-likeness (QED) is 0.869. The average Bonchev–Trinajstić information content (AvgIpc) is 2.40. The molecule has 3 nitrogen and oxygen atoms in total. The van der Waals surface area contributed by atoms with Crippen LogP contribution in [0.15, 0.2) is 40.9 Å². The van der Waals surface area contributed by atoms with Crippen LogP contribution in [0.4, 0.5) is 10.1 Å². The first-order valence-electron chi connectivity index (χ1n) is 6.50. The Bertz CT molecular complexity index is 688. The lowest BCUT2D eigenvalue weighted by Gasteiger charge is -2.19. The van der Waals surface area contributed by atoms with Crippen LogP contribution in [-0.2, 0) is 0 Å². The maximum Gasteiger partial charge on any atom is 0.248 e. The molecule has 0 heterocycles. The molecule has 1 atom stereocenters. The lowest BCUT2D eigenvalue weighted by Crippen LogP contribution is -2.12. The zero-order chi connectivity index (χ0) is 15.6. The van der Waals surface area contributed by atoms with Gasteiger partial charge >= 0.3 is 0 Å². The number of halogens is 2. The second-order valence-electron chi connectivity index (χ2n) is 4.93. The van der Waals surface area contributed by atoms with E-state index in [0.717, 1.165) is 16.8 Å². The highest BCUT2D eigenvalue weighted by atomic mass is 79.9. The van der Waals surface area contributed by atoms with Crippen LogP contribution in [0.1, 0.15) is 34.5 Å². The number of carbonyl (C=O) groups is 1. The first kappa shape index (κ1) is 15.5. The van der Waals surface area contributed by atoms with Crippen LogP contribution in [0.3, 0.4) is 0 Å². The molecule has 21 heavy (non-hydrogen) atoms. The zero-order valence-electron chi connectivity index (χ0n) is 11.8. The van der Waals surface area contributed by atoms with Crippen molar-refractivity contribution >= 4 is 27.5 Å². The van der Waals surface area contributed by atoms with E-state index < -0.39 is 5.91 Å². The van der Waals surface area contributed by atoms with Crippen molar-refractivity contribution in [2.75, 3.05) is 5.32 Å². The van der Waals surface area contributed by atoms with Crippen molar-refractivity contribution in [3.05, 3.63) is 63.4 Å². The Labute approximate surface area is 131 Å². The molecule has 2 aromatic carbocycles. The number of nitrogens with one attached hydrogen (secondary N) is 1. The van der Waals surface area contributed by atoms with Crippen molar-refractivity contribution in [2.45, 2.75) is 19.9 Å². The molecular formula is C16H16BrFN2O. The molecule has 0 bridgehead atoms. The summed E-state index contributed by atoms with van der Waals surface area (Å²) in [6.45, 7) is 3.89. The third kappa shape index (κ3) is 3.61. The maximum atomic E-state index is 13.1. The molecule has 0 aliphatic carbocycles. The third-order valence-corrected chi connectivity index (χ3v) is 4.00. The highest BCUT2D eigenvalue weighted by Crippen LogP contribution is 2.28. The van der Waals surface area contributed by atoms with E-state index in [0.29, 0.717) is 10.0 Å². The van der Waals surface area contributed by atoms with Crippen LogP contribution in [0, 0.1) is 12.7 Å². The second kappa shape index (κ2) is 6.26. The molecule has 0 fully saturated rings. The van der Waals surface area contributed by atoms with Gasteiger partial charge in [0.1, 0.15) is 5.82 Å². The zero-order valence-corrected chi connectivity index (χ0v) is 13.4. The minimum absolute atomic E-state index is 0.0156. The SMILES string of the molecule is Cc1cc(C(N)=O)ccc1NC(C)c1ccc(F)cc1Br. The van der Waals surface area contributed by atoms with E-state index in [4.69, 9.17) is 5.73 Å². The number of hydrogen-bond acceptors (Lipinski definition) is 2. The summed E-state index contributed by atoms with van der Waals surface area (Å²) in [4.78, 5) is 11.1. The van der Waals surface area contributed by atoms with E-state index in [9.17, 15) is 9.18 Å². The number of benzene rings is 2. The third-order valence-electron chi connectivity index (χ3n) is 3.31. The minimum atomic E-state index is -0.445. The van der Waals surface area contributed by atoms with E-state index in [2.05, 4.69) is 21.2 Å². The van der Waals surface area contributed by atoms with Gasteiger partial charge in [0.25, 0.3) is 0 Å². The number of rotatable bonds is 4. The summed E-state index contributed by atoms with van der Waals surface area (Å²) in [5.74, 6) is -0.723. The Morgan fingerprint density at radius 1 is 1.29 bits per heavy atom. The minimum Gasteiger partial charge on any atom is -0.378 e. The molecule has 2 aromatic rings. The summed E-state index contributed by atoms with van der Waals surface area (Å²) in [6, 6.07) is 9.85. The largest absolute Gasteiger partial charge is 0.378 e. The Balaban J connectivity index is 2.23. The number of nitrogens with two attached hydrogens (primary N) is 1. The van der Waals surface area contributed by atoms with Gasteiger partial charge in [-0.15, -0.1) is 0 Å². The molecule has 0 radical (unpaired) electrons. The molecule has 2 rings (SSSR count). The van der Waals surface area contributed by atoms with E-state index >= 15 is 0 Å². The van der Waals surface area contributed by atoms with Gasteiger partial charge in [-0.05, 0) is 55.3 Å². The van der Waals surface area contributed by atoms with Gasteiger partial charge in [-0.1, -0.05) is 22.0 Å². The van der Waals surface area contributed by atoms with Crippen molar-refractivity contribution < 1.29 is 9.18 Å². The predicted octanol–water partition coefficient (Wildman–Crippen LogP) is 4.17. The fraction of sp³-hybridized carbons (Fsp3) is 0.188. The average molecular weight is 351 g/mol. The van der Waals surface area contributed by atoms with E-state index in [-0.39, 0.29) is 11.9 Å². The van der Waals surface area contributed by atoms with Gasteiger partial charge in [-0.3, -0.25) is 4.79 Å². The van der Waals surface area contributed by atoms with E-state index in [1.165, 1.54) is 12.1 Å². The molecular weight excluding hydrogens is 335 g/mol. The van der Waals surface area contributed by atoms with Crippen molar-refractivity contribution in [1.82, 2.24) is 0 Å². The summed E-state index contributed by atoms with van der Waals surface area (Å²) < 4.78 is 13.8. The second-order valence-corrected chi connectivity index (χ2v) is 5.78. The number of aryl methyl sites for hydroxylation is 1. The van der Waals surface area contributed by atoms with Gasteiger partial charge in [0, 0.05) is 21.8 Å². The molecule has 0 saturated carbocycles. The standard InChI is InChI=1S/C16H16BrFN2O/c1-9-7-11(16(19)21)3-6-15(9)20-10(2)13-5-4-12(18)8-14(13)17/h3-8,10,20H,1-2H3,(H2,19,21). The Morgan fingerprint density at radius 2 is 2.00 bits per heavy atom. The van der Waals surface area contributed by atoms with Crippen LogP contribution < -0.4 is 11.1 Å². The van der Waals surface area contributed by atoms with Crippen LogP contribution in [-0.4, -0.2) is 5.91 Å². The van der Waals surface area contributed by atoms with Crippen LogP contribution in [0.25, 0.3) is 0 Å². The van der Waals surface area contributed by atoms with Crippen molar-refractivity contribution in [3.63, 3.8) is 0 Å². The molecule has 0 aromatic heterocycles. The fourth-order valence-corrected chi connectivity index (χ4v) is 2.84. The first-order valence-corrected chi connectivity index (χ1v) is 7.29. The number of carbonyl (C=O) groups excluding carboxylic acids is 1. The monoisotopic (exact) mass is 350 g/mol. The summed E-state index contributed by atoms with van der Waals surface area (Å²) in [5.41, 5.74) is 8.53. The summed E-state index contributed by atoms with van der Waals surface area (Å²) in [5, 5.41) is 3.35.